The number of carboxylic acid groups (broad SMARTS) is 1. The maximum absolute atomic E-state index is 12.9. The maximum atomic E-state index is 12.9. The normalized spacial score (nSPS) is 17.0. The summed E-state index contributed by atoms with van der Waals surface area (Å²) in [6.45, 7) is -0.141. The summed E-state index contributed by atoms with van der Waals surface area (Å²) in [6.07, 6.45) is 0. The molecule has 2 heterocycles. The smallest absolute Gasteiger partial charge is 0.394 e. The number of nitrogens with zero attached hydrogens (tertiary/aromatic N) is 3. The minimum Gasteiger partial charge on any atom is -0.474 e. The maximum Gasteiger partial charge on any atom is 0.394 e. The van der Waals surface area contributed by atoms with Gasteiger partial charge in [-0.2, -0.15) is 4.31 Å². The first-order chi connectivity index (χ1) is 14.7. The molecular formula is C20H17N3O7S. The fourth-order valence-corrected chi connectivity index (χ4v) is 5.03. The van der Waals surface area contributed by atoms with E-state index in [4.69, 9.17) is 5.11 Å². The summed E-state index contributed by atoms with van der Waals surface area (Å²) in [4.78, 5) is 49.5. The van der Waals surface area contributed by atoms with Crippen LogP contribution >= 0.6 is 0 Å². The zero-order valence-corrected chi connectivity index (χ0v) is 16.9. The monoisotopic (exact) mass is 443 g/mol. The predicted molar refractivity (Wildman–Crippen MR) is 107 cm³/mol. The Bertz CT molecular complexity index is 1160. The third-order valence-corrected chi connectivity index (χ3v) is 7.15. The van der Waals surface area contributed by atoms with Gasteiger partial charge in [-0.05, 0) is 36.4 Å². The highest BCUT2D eigenvalue weighted by Gasteiger charge is 2.37. The first-order valence-corrected chi connectivity index (χ1v) is 10.8. The van der Waals surface area contributed by atoms with Crippen molar-refractivity contribution in [1.82, 2.24) is 9.21 Å². The molecule has 160 valence electrons. The molecule has 2 aliphatic heterocycles. The molecule has 0 bridgehead atoms. The standard InChI is InChI=1S/C20H17N3O7S/c24-17-15-3-1-2-4-16(15)18(25)23(17)13-5-7-14(8-6-13)31(29,30)22-11-9-21(10-12-22)19(26)20(27)28/h1-8H,9-12H2,(H,27,28). The first kappa shape index (κ1) is 20.7. The minimum atomic E-state index is -3.89. The largest absolute Gasteiger partial charge is 0.474 e. The van der Waals surface area contributed by atoms with Gasteiger partial charge >= 0.3 is 11.9 Å². The third-order valence-electron chi connectivity index (χ3n) is 5.24. The number of imide groups is 1. The van der Waals surface area contributed by atoms with Crippen molar-refractivity contribution in [2.75, 3.05) is 31.1 Å². The second-order valence-electron chi connectivity index (χ2n) is 6.99. The van der Waals surface area contributed by atoms with Crippen LogP contribution < -0.4 is 4.90 Å². The Kier molecular flexibility index (Phi) is 5.07. The van der Waals surface area contributed by atoms with Crippen LogP contribution in [0, 0.1) is 0 Å². The van der Waals surface area contributed by atoms with E-state index in [2.05, 4.69) is 0 Å². The third kappa shape index (κ3) is 3.47. The number of carboxylic acids is 1. The number of carbonyl (C=O) groups excluding carboxylic acids is 3. The van der Waals surface area contributed by atoms with Gasteiger partial charge in [0, 0.05) is 26.2 Å². The highest BCUT2D eigenvalue weighted by Crippen LogP contribution is 2.29. The SMILES string of the molecule is O=C(O)C(=O)N1CCN(S(=O)(=O)c2ccc(N3C(=O)c4ccccc4C3=O)cc2)CC1. The van der Waals surface area contributed by atoms with Crippen molar-refractivity contribution in [1.29, 1.82) is 0 Å². The second-order valence-corrected chi connectivity index (χ2v) is 8.92. The van der Waals surface area contributed by atoms with Crippen LogP contribution in [0.15, 0.2) is 53.4 Å². The number of carbonyl (C=O) groups is 4. The molecule has 4 rings (SSSR count). The lowest BCUT2D eigenvalue weighted by Crippen LogP contribution is -2.52. The lowest BCUT2D eigenvalue weighted by atomic mass is 10.1. The molecule has 0 atom stereocenters. The number of anilines is 1. The van der Waals surface area contributed by atoms with Crippen molar-refractivity contribution in [2.24, 2.45) is 0 Å². The molecule has 0 saturated carbocycles. The first-order valence-electron chi connectivity index (χ1n) is 9.32. The average Bonchev–Trinajstić information content (AvgIpc) is 3.03. The summed E-state index contributed by atoms with van der Waals surface area (Å²) < 4.78 is 27.0. The van der Waals surface area contributed by atoms with Crippen LogP contribution in [0.25, 0.3) is 0 Å². The summed E-state index contributed by atoms with van der Waals surface area (Å²) in [7, 11) is -3.89. The Morgan fingerprint density at radius 1 is 0.806 bits per heavy atom. The molecule has 1 fully saturated rings. The van der Waals surface area contributed by atoms with Crippen LogP contribution in [0.5, 0.6) is 0 Å². The molecule has 11 heteroatoms. The molecule has 2 aromatic carbocycles. The number of sulfonamides is 1. The summed E-state index contributed by atoms with van der Waals surface area (Å²) in [5, 5.41) is 8.77. The zero-order chi connectivity index (χ0) is 22.3. The molecule has 0 aliphatic carbocycles. The van der Waals surface area contributed by atoms with E-state index in [-0.39, 0.29) is 47.9 Å². The van der Waals surface area contributed by atoms with Gasteiger partial charge in [-0.15, -0.1) is 0 Å². The Hall–Kier alpha value is -3.57. The molecular weight excluding hydrogens is 426 g/mol. The number of amides is 3. The Morgan fingerprint density at radius 2 is 1.32 bits per heavy atom. The van der Waals surface area contributed by atoms with E-state index < -0.39 is 33.7 Å². The quantitative estimate of drug-likeness (QED) is 0.536. The fourth-order valence-electron chi connectivity index (χ4n) is 3.61. The Balaban J connectivity index is 1.51. The van der Waals surface area contributed by atoms with Gasteiger partial charge in [-0.1, -0.05) is 12.1 Å². The molecule has 1 N–H and O–H groups in total. The van der Waals surface area contributed by atoms with Crippen LogP contribution in [-0.4, -0.2) is 72.6 Å². The average molecular weight is 443 g/mol. The van der Waals surface area contributed by atoms with Crippen molar-refractivity contribution in [3.8, 4) is 0 Å². The van der Waals surface area contributed by atoms with Crippen LogP contribution in [0.4, 0.5) is 5.69 Å². The van der Waals surface area contributed by atoms with E-state index in [0.29, 0.717) is 0 Å². The van der Waals surface area contributed by atoms with Crippen LogP contribution in [0.3, 0.4) is 0 Å². The Labute approximate surface area is 177 Å². The summed E-state index contributed by atoms with van der Waals surface area (Å²) in [5.74, 6) is -3.60. The van der Waals surface area contributed by atoms with E-state index >= 15 is 0 Å². The molecule has 0 unspecified atom stereocenters. The van der Waals surface area contributed by atoms with Crippen molar-refractivity contribution in [3.05, 3.63) is 59.7 Å². The van der Waals surface area contributed by atoms with Gasteiger partial charge in [0.15, 0.2) is 0 Å². The van der Waals surface area contributed by atoms with E-state index in [9.17, 15) is 27.6 Å². The van der Waals surface area contributed by atoms with Gasteiger partial charge in [-0.3, -0.25) is 14.4 Å². The lowest BCUT2D eigenvalue weighted by molar-refractivity contribution is -0.156. The summed E-state index contributed by atoms with van der Waals surface area (Å²) in [5.41, 5.74) is 0.831. The molecule has 2 aliphatic rings. The van der Waals surface area contributed by atoms with E-state index in [1.165, 1.54) is 24.3 Å². The molecule has 0 aromatic heterocycles. The number of rotatable bonds is 3. The fraction of sp³-hybridized carbons (Fsp3) is 0.200. The Morgan fingerprint density at radius 3 is 1.81 bits per heavy atom. The number of aliphatic carboxylic acids is 1. The van der Waals surface area contributed by atoms with Crippen molar-refractivity contribution >= 4 is 39.4 Å². The molecule has 31 heavy (non-hydrogen) atoms. The number of hydrogen-bond donors (Lipinski definition) is 1. The minimum absolute atomic E-state index is 0.0303. The van der Waals surface area contributed by atoms with Crippen molar-refractivity contribution < 1.29 is 32.7 Å². The summed E-state index contributed by atoms with van der Waals surface area (Å²) in [6, 6.07) is 11.8. The molecule has 3 amide bonds. The van der Waals surface area contributed by atoms with Crippen LogP contribution in [0.2, 0.25) is 0 Å². The molecule has 10 nitrogen and oxygen atoms in total. The van der Waals surface area contributed by atoms with Crippen molar-refractivity contribution in [3.63, 3.8) is 0 Å². The zero-order valence-electron chi connectivity index (χ0n) is 16.1. The number of hydrogen-bond acceptors (Lipinski definition) is 6. The predicted octanol–water partition coefficient (Wildman–Crippen LogP) is 0.405. The van der Waals surface area contributed by atoms with Gasteiger partial charge < -0.3 is 10.0 Å². The number of piperazine rings is 1. The van der Waals surface area contributed by atoms with Gasteiger partial charge in [-0.25, -0.2) is 18.1 Å². The van der Waals surface area contributed by atoms with E-state index in [1.54, 1.807) is 24.3 Å². The highest BCUT2D eigenvalue weighted by molar-refractivity contribution is 7.89. The summed E-state index contributed by atoms with van der Waals surface area (Å²) >= 11 is 0. The van der Waals surface area contributed by atoms with Gasteiger partial charge in [0.2, 0.25) is 10.0 Å². The van der Waals surface area contributed by atoms with E-state index in [0.717, 1.165) is 14.1 Å². The number of benzene rings is 2. The molecule has 0 radical (unpaired) electrons. The van der Waals surface area contributed by atoms with Crippen LogP contribution in [0.1, 0.15) is 20.7 Å². The van der Waals surface area contributed by atoms with Gasteiger partial charge in [0.05, 0.1) is 21.7 Å². The number of fused-ring (bicyclic) bond motifs is 1. The molecule has 0 spiro atoms. The van der Waals surface area contributed by atoms with Crippen molar-refractivity contribution in [2.45, 2.75) is 4.90 Å². The van der Waals surface area contributed by atoms with Gasteiger partial charge in [0.25, 0.3) is 11.8 Å². The van der Waals surface area contributed by atoms with E-state index in [1.807, 2.05) is 0 Å². The molecule has 2 aromatic rings. The lowest BCUT2D eigenvalue weighted by Gasteiger charge is -2.33. The molecule has 1 saturated heterocycles. The van der Waals surface area contributed by atoms with Gasteiger partial charge in [0.1, 0.15) is 0 Å². The second kappa shape index (κ2) is 7.60. The topological polar surface area (TPSA) is 132 Å². The van der Waals surface area contributed by atoms with Crippen LogP contribution in [-0.2, 0) is 19.6 Å². The highest BCUT2D eigenvalue weighted by atomic mass is 32.2.